The fourth-order valence-corrected chi connectivity index (χ4v) is 1.60. The van der Waals surface area contributed by atoms with E-state index in [4.69, 9.17) is 5.11 Å². The molecule has 2 N–H and O–H groups in total. The van der Waals surface area contributed by atoms with Crippen LogP contribution in [-0.4, -0.2) is 30.8 Å². The van der Waals surface area contributed by atoms with Gasteiger partial charge >= 0.3 is 5.69 Å². The lowest BCUT2D eigenvalue weighted by Gasteiger charge is -2.00. The number of aromatic amines is 1. The van der Waals surface area contributed by atoms with Gasteiger partial charge in [-0.05, 0) is 0 Å². The Bertz CT molecular complexity index is 649. The highest BCUT2D eigenvalue weighted by Crippen LogP contribution is 2.04. The molecule has 0 aromatic carbocycles. The van der Waals surface area contributed by atoms with Gasteiger partial charge in [-0.25, -0.2) is 9.78 Å². The van der Waals surface area contributed by atoms with Crippen molar-refractivity contribution in [2.45, 2.75) is 6.42 Å². The molecule has 0 atom stereocenters. The number of aliphatic hydroxyl groups is 1. The molecular formula is C9H12N4O3. The molecule has 0 saturated heterocycles. The Morgan fingerprint density at radius 2 is 2.00 bits per heavy atom. The number of nitrogens with one attached hydrogen (secondary N) is 1. The van der Waals surface area contributed by atoms with E-state index in [9.17, 15) is 9.59 Å². The third-order valence-electron chi connectivity index (χ3n) is 2.49. The minimum Gasteiger partial charge on any atom is -0.396 e. The fourth-order valence-electron chi connectivity index (χ4n) is 1.60. The van der Waals surface area contributed by atoms with Crippen LogP contribution in [0.4, 0.5) is 0 Å². The number of imidazole rings is 1. The highest BCUT2D eigenvalue weighted by atomic mass is 16.3. The Morgan fingerprint density at radius 3 is 2.62 bits per heavy atom. The Kier molecular flexibility index (Phi) is 2.39. The van der Waals surface area contributed by atoms with Gasteiger partial charge in [0, 0.05) is 20.5 Å². The molecule has 0 spiro atoms. The number of hydrogen-bond acceptors (Lipinski definition) is 4. The van der Waals surface area contributed by atoms with Crippen LogP contribution in [0, 0.1) is 0 Å². The van der Waals surface area contributed by atoms with Crippen molar-refractivity contribution in [1.82, 2.24) is 19.1 Å². The van der Waals surface area contributed by atoms with Gasteiger partial charge in [-0.1, -0.05) is 0 Å². The Labute approximate surface area is 90.0 Å². The lowest BCUT2D eigenvalue weighted by Crippen LogP contribution is -2.36. The largest absolute Gasteiger partial charge is 0.396 e. The second-order valence-corrected chi connectivity index (χ2v) is 3.56. The number of aliphatic hydroxyl groups excluding tert-OH is 1. The molecule has 0 aliphatic carbocycles. The maximum Gasteiger partial charge on any atom is 0.332 e. The van der Waals surface area contributed by atoms with Crippen LogP contribution in [0.15, 0.2) is 9.59 Å². The van der Waals surface area contributed by atoms with Gasteiger partial charge in [-0.15, -0.1) is 0 Å². The van der Waals surface area contributed by atoms with E-state index in [0.29, 0.717) is 17.9 Å². The minimum absolute atomic E-state index is 0.0614. The van der Waals surface area contributed by atoms with Crippen LogP contribution in [0.25, 0.3) is 11.2 Å². The van der Waals surface area contributed by atoms with Crippen molar-refractivity contribution in [1.29, 1.82) is 0 Å². The number of H-pyrrole nitrogens is 1. The van der Waals surface area contributed by atoms with E-state index >= 15 is 0 Å². The normalized spacial score (nSPS) is 11.2. The summed E-state index contributed by atoms with van der Waals surface area (Å²) in [4.78, 5) is 30.2. The molecule has 0 fully saturated rings. The predicted molar refractivity (Wildman–Crippen MR) is 57.4 cm³/mol. The number of aryl methyl sites for hydroxylation is 1. The molecule has 0 amide bonds. The molecule has 0 aliphatic heterocycles. The van der Waals surface area contributed by atoms with Crippen LogP contribution in [0.5, 0.6) is 0 Å². The van der Waals surface area contributed by atoms with Crippen molar-refractivity contribution in [3.05, 3.63) is 26.7 Å². The van der Waals surface area contributed by atoms with Crippen LogP contribution in [0.1, 0.15) is 5.82 Å². The Hall–Kier alpha value is -1.89. The Balaban J connectivity index is 2.87. The molecule has 0 saturated carbocycles. The number of nitrogens with zero attached hydrogens (tertiary/aromatic N) is 3. The van der Waals surface area contributed by atoms with Gasteiger partial charge in [-0.3, -0.25) is 13.9 Å². The zero-order chi connectivity index (χ0) is 11.9. The van der Waals surface area contributed by atoms with E-state index in [2.05, 4.69) is 9.97 Å². The lowest BCUT2D eigenvalue weighted by atomic mass is 10.4. The summed E-state index contributed by atoms with van der Waals surface area (Å²) < 4.78 is 2.32. The molecule has 2 aromatic rings. The third-order valence-corrected chi connectivity index (χ3v) is 2.49. The van der Waals surface area contributed by atoms with Crippen molar-refractivity contribution in [3.8, 4) is 0 Å². The first-order valence-electron chi connectivity index (χ1n) is 4.81. The topological polar surface area (TPSA) is 92.9 Å². The van der Waals surface area contributed by atoms with Crippen molar-refractivity contribution < 1.29 is 5.11 Å². The van der Waals surface area contributed by atoms with Gasteiger partial charge in [0.2, 0.25) is 0 Å². The first kappa shape index (κ1) is 10.6. The average molecular weight is 224 g/mol. The lowest BCUT2D eigenvalue weighted by molar-refractivity contribution is 0.297. The first-order valence-corrected chi connectivity index (χ1v) is 4.81. The van der Waals surface area contributed by atoms with E-state index in [-0.39, 0.29) is 12.1 Å². The molecule has 0 bridgehead atoms. The summed E-state index contributed by atoms with van der Waals surface area (Å²) in [5, 5.41) is 8.78. The van der Waals surface area contributed by atoms with Crippen LogP contribution in [0.3, 0.4) is 0 Å². The monoisotopic (exact) mass is 224 g/mol. The van der Waals surface area contributed by atoms with E-state index in [1.807, 2.05) is 0 Å². The van der Waals surface area contributed by atoms with Gasteiger partial charge < -0.3 is 10.1 Å². The molecule has 2 rings (SSSR count). The van der Waals surface area contributed by atoms with Gasteiger partial charge in [-0.2, -0.15) is 0 Å². The highest BCUT2D eigenvalue weighted by molar-refractivity contribution is 5.69. The van der Waals surface area contributed by atoms with Crippen LogP contribution in [-0.2, 0) is 20.5 Å². The maximum atomic E-state index is 11.7. The average Bonchev–Trinajstić information content (AvgIpc) is 2.68. The van der Waals surface area contributed by atoms with Gasteiger partial charge in [0.25, 0.3) is 5.56 Å². The number of rotatable bonds is 2. The standard InChI is InChI=1S/C9H12N4O3/c1-12-7-6(8(15)13(2)9(12)16)10-5(11-7)3-4-14/h14H,3-4H2,1-2H3,(H,10,11). The molecule has 0 aliphatic rings. The van der Waals surface area contributed by atoms with Crippen LogP contribution >= 0.6 is 0 Å². The Morgan fingerprint density at radius 1 is 1.31 bits per heavy atom. The molecule has 16 heavy (non-hydrogen) atoms. The SMILES string of the molecule is Cn1c(=O)c2[nH]c(CCO)nc2n(C)c1=O. The summed E-state index contributed by atoms with van der Waals surface area (Å²) in [6.07, 6.45) is 0.325. The summed E-state index contributed by atoms with van der Waals surface area (Å²) in [6, 6.07) is 0. The van der Waals surface area contributed by atoms with Crippen molar-refractivity contribution in [2.75, 3.05) is 6.61 Å². The van der Waals surface area contributed by atoms with Crippen LogP contribution < -0.4 is 11.2 Å². The summed E-state index contributed by atoms with van der Waals surface area (Å²) in [7, 11) is 2.96. The van der Waals surface area contributed by atoms with Crippen molar-refractivity contribution in [3.63, 3.8) is 0 Å². The summed E-state index contributed by atoms with van der Waals surface area (Å²) in [6.45, 7) is -0.0614. The maximum absolute atomic E-state index is 11.7. The predicted octanol–water partition coefficient (Wildman–Crippen LogP) is -1.50. The fraction of sp³-hybridized carbons (Fsp3) is 0.444. The molecular weight excluding hydrogens is 212 g/mol. The number of fused-ring (bicyclic) bond motifs is 1. The molecule has 7 nitrogen and oxygen atoms in total. The molecule has 2 aromatic heterocycles. The number of hydrogen-bond donors (Lipinski definition) is 2. The van der Waals surface area contributed by atoms with E-state index in [1.165, 1.54) is 11.6 Å². The molecule has 2 heterocycles. The molecule has 86 valence electrons. The molecule has 7 heteroatoms. The molecule has 0 radical (unpaired) electrons. The van der Waals surface area contributed by atoms with Crippen molar-refractivity contribution >= 4 is 11.2 Å². The minimum atomic E-state index is -0.417. The zero-order valence-corrected chi connectivity index (χ0v) is 9.02. The third kappa shape index (κ3) is 1.36. The van der Waals surface area contributed by atoms with Crippen molar-refractivity contribution in [2.24, 2.45) is 14.1 Å². The van der Waals surface area contributed by atoms with Gasteiger partial charge in [0.1, 0.15) is 11.3 Å². The first-order chi connectivity index (χ1) is 7.56. The summed E-state index contributed by atoms with van der Waals surface area (Å²) in [5.41, 5.74) is -0.223. The second-order valence-electron chi connectivity index (χ2n) is 3.56. The smallest absolute Gasteiger partial charge is 0.332 e. The zero-order valence-electron chi connectivity index (χ0n) is 9.02. The van der Waals surface area contributed by atoms with E-state index in [1.54, 1.807) is 7.05 Å². The summed E-state index contributed by atoms with van der Waals surface area (Å²) in [5.74, 6) is 0.496. The second kappa shape index (κ2) is 3.60. The summed E-state index contributed by atoms with van der Waals surface area (Å²) >= 11 is 0. The highest BCUT2D eigenvalue weighted by Gasteiger charge is 2.12. The number of aromatic nitrogens is 4. The van der Waals surface area contributed by atoms with Crippen LogP contribution in [0.2, 0.25) is 0 Å². The molecule has 0 unspecified atom stereocenters. The van der Waals surface area contributed by atoms with E-state index in [0.717, 1.165) is 4.57 Å². The van der Waals surface area contributed by atoms with Gasteiger partial charge in [0.15, 0.2) is 5.65 Å². The quantitative estimate of drug-likeness (QED) is 0.649. The van der Waals surface area contributed by atoms with E-state index < -0.39 is 11.2 Å². The van der Waals surface area contributed by atoms with Gasteiger partial charge in [0.05, 0.1) is 6.61 Å².